The van der Waals surface area contributed by atoms with E-state index >= 15 is 0 Å². The molecule has 4 aromatic heterocycles. The Hall–Kier alpha value is -4.76. The molecule has 0 bridgehead atoms. The van der Waals surface area contributed by atoms with Crippen LogP contribution in [-0.4, -0.2) is 46.4 Å². The van der Waals surface area contributed by atoms with Gasteiger partial charge >= 0.3 is 11.9 Å². The van der Waals surface area contributed by atoms with E-state index in [-0.39, 0.29) is 16.6 Å². The lowest BCUT2D eigenvalue weighted by molar-refractivity contribution is 0.0686. The van der Waals surface area contributed by atoms with Crippen LogP contribution in [0.4, 0.5) is 0 Å². The number of aromatic carboxylic acids is 2. The van der Waals surface area contributed by atoms with Crippen molar-refractivity contribution in [1.29, 1.82) is 0 Å². The molecule has 0 amide bonds. The molecule has 9 heteroatoms. The Labute approximate surface area is 186 Å². The van der Waals surface area contributed by atoms with Gasteiger partial charge in [0, 0.05) is 23.2 Å². The van der Waals surface area contributed by atoms with Crippen LogP contribution in [0.5, 0.6) is 0 Å². The van der Waals surface area contributed by atoms with E-state index in [2.05, 4.69) is 9.97 Å². The van der Waals surface area contributed by atoms with Crippen molar-refractivity contribution in [3.8, 4) is 0 Å². The first-order valence-corrected chi connectivity index (χ1v) is 9.69. The highest BCUT2D eigenvalue weighted by Crippen LogP contribution is 2.21. The number of hydrogen-bond donors (Lipinski definition) is 2. The van der Waals surface area contributed by atoms with Gasteiger partial charge in [-0.1, -0.05) is 36.4 Å². The van der Waals surface area contributed by atoms with Crippen LogP contribution in [-0.2, 0) is 0 Å². The van der Waals surface area contributed by atoms with Gasteiger partial charge in [0.05, 0.1) is 45.8 Å². The first kappa shape index (κ1) is 21.5. The molecule has 4 heterocycles. The van der Waals surface area contributed by atoms with Crippen LogP contribution in [0, 0.1) is 0 Å². The Kier molecular flexibility index (Phi) is 5.47. The first-order chi connectivity index (χ1) is 15.5. The van der Waals surface area contributed by atoms with Crippen LogP contribution in [0.25, 0.3) is 32.8 Å². The number of carbonyl (C=O) groups is 2. The number of hydrogen-bond acceptors (Lipinski definition) is 4. The summed E-state index contributed by atoms with van der Waals surface area (Å²) in [5, 5.41) is 19.8. The van der Waals surface area contributed by atoms with Gasteiger partial charge in [0.1, 0.15) is 0 Å². The number of fused-ring (bicyclic) bond motifs is 6. The zero-order chi connectivity index (χ0) is 22.2. The van der Waals surface area contributed by atoms with Gasteiger partial charge in [-0.25, -0.2) is 19.6 Å². The zero-order valence-corrected chi connectivity index (χ0v) is 17.1. The molecule has 0 radical (unpaired) electrons. The van der Waals surface area contributed by atoms with Crippen molar-refractivity contribution in [2.75, 3.05) is 0 Å². The lowest BCUT2D eigenvalue weighted by Crippen LogP contribution is -1.92. The second kappa shape index (κ2) is 8.40. The fraction of sp³-hybridized carbons (Fsp3) is 0. The highest BCUT2D eigenvalue weighted by molar-refractivity contribution is 5.98. The molecule has 0 fully saturated rings. The minimum atomic E-state index is -0.923. The Morgan fingerprint density at radius 1 is 0.667 bits per heavy atom. The minimum Gasteiger partial charge on any atom is -0.478 e. The van der Waals surface area contributed by atoms with Crippen LogP contribution < -0.4 is 0 Å². The summed E-state index contributed by atoms with van der Waals surface area (Å²) >= 11 is 0. The Morgan fingerprint density at radius 3 is 1.45 bits per heavy atom. The number of carboxylic acids is 2. The van der Waals surface area contributed by atoms with Gasteiger partial charge in [-0.2, -0.15) is 0 Å². The Morgan fingerprint density at radius 2 is 1.06 bits per heavy atom. The smallest absolute Gasteiger partial charge is 0.337 e. The van der Waals surface area contributed by atoms with Crippen LogP contribution >= 0.6 is 0 Å². The molecule has 0 atom stereocenters. The molecule has 0 spiro atoms. The van der Waals surface area contributed by atoms with Crippen molar-refractivity contribution < 1.29 is 25.3 Å². The van der Waals surface area contributed by atoms with Crippen molar-refractivity contribution in [1.82, 2.24) is 18.8 Å². The lowest BCUT2D eigenvalue weighted by Gasteiger charge is -1.99. The maximum absolute atomic E-state index is 10.9. The van der Waals surface area contributed by atoms with Crippen molar-refractivity contribution >= 4 is 44.8 Å². The van der Waals surface area contributed by atoms with E-state index < -0.39 is 11.9 Å². The second-order valence-corrected chi connectivity index (χ2v) is 7.18. The molecule has 164 valence electrons. The fourth-order valence-electron chi connectivity index (χ4n) is 3.67. The molecular formula is C24H18N4O5. The number of nitrogens with zero attached hydrogens (tertiary/aromatic N) is 4. The molecule has 0 aliphatic carbocycles. The monoisotopic (exact) mass is 442 g/mol. The van der Waals surface area contributed by atoms with Gasteiger partial charge in [0.15, 0.2) is 0 Å². The van der Waals surface area contributed by atoms with Gasteiger partial charge < -0.3 is 24.5 Å². The maximum Gasteiger partial charge on any atom is 0.337 e. The summed E-state index contributed by atoms with van der Waals surface area (Å²) in [6, 6.07) is 18.6. The van der Waals surface area contributed by atoms with Crippen molar-refractivity contribution in [3.05, 3.63) is 96.8 Å². The van der Waals surface area contributed by atoms with E-state index in [1.165, 1.54) is 0 Å². The summed E-state index contributed by atoms with van der Waals surface area (Å²) < 4.78 is 3.46. The predicted octanol–water partition coefficient (Wildman–Crippen LogP) is 3.55. The van der Waals surface area contributed by atoms with Gasteiger partial charge in [0.2, 0.25) is 0 Å². The van der Waals surface area contributed by atoms with E-state index in [0.717, 1.165) is 32.8 Å². The van der Waals surface area contributed by atoms with E-state index in [4.69, 9.17) is 10.2 Å². The standard InChI is InChI=1S/2C12H8N2O2.H2O/c2*15-12(16)8-5-11-9-3-1-2-4-10(9)13-7-14(11)6-8;/h2*1-7H,(H,15,16);1H2. The van der Waals surface area contributed by atoms with Crippen molar-refractivity contribution in [2.45, 2.75) is 0 Å². The quantitative estimate of drug-likeness (QED) is 0.420. The summed E-state index contributed by atoms with van der Waals surface area (Å²) in [6.07, 6.45) is 6.39. The molecule has 2 aromatic carbocycles. The highest BCUT2D eigenvalue weighted by Gasteiger charge is 2.10. The van der Waals surface area contributed by atoms with E-state index in [1.54, 1.807) is 46.0 Å². The van der Waals surface area contributed by atoms with Crippen LogP contribution in [0.15, 0.2) is 85.7 Å². The average molecular weight is 442 g/mol. The molecule has 6 aromatic rings. The van der Waals surface area contributed by atoms with Gasteiger partial charge in [0.25, 0.3) is 0 Å². The second-order valence-electron chi connectivity index (χ2n) is 7.18. The summed E-state index contributed by atoms with van der Waals surface area (Å²) in [7, 11) is 0. The van der Waals surface area contributed by atoms with E-state index in [0.29, 0.717) is 0 Å². The summed E-state index contributed by atoms with van der Waals surface area (Å²) in [5.74, 6) is -1.85. The van der Waals surface area contributed by atoms with E-state index in [9.17, 15) is 9.59 Å². The number of carboxylic acid groups (broad SMARTS) is 2. The van der Waals surface area contributed by atoms with E-state index in [1.807, 2.05) is 48.5 Å². The lowest BCUT2D eigenvalue weighted by atomic mass is 10.2. The summed E-state index contributed by atoms with van der Waals surface area (Å²) in [4.78, 5) is 30.2. The fourth-order valence-corrected chi connectivity index (χ4v) is 3.67. The minimum absolute atomic E-state index is 0. The van der Waals surface area contributed by atoms with Gasteiger partial charge in [-0.3, -0.25) is 0 Å². The van der Waals surface area contributed by atoms with Gasteiger partial charge in [-0.05, 0) is 24.3 Å². The predicted molar refractivity (Wildman–Crippen MR) is 123 cm³/mol. The molecular weight excluding hydrogens is 424 g/mol. The molecule has 4 N–H and O–H groups in total. The molecule has 0 aliphatic rings. The third-order valence-electron chi connectivity index (χ3n) is 5.19. The molecule has 0 unspecified atom stereocenters. The van der Waals surface area contributed by atoms with Crippen LogP contribution in [0.1, 0.15) is 20.7 Å². The van der Waals surface area contributed by atoms with Crippen LogP contribution in [0.2, 0.25) is 0 Å². The van der Waals surface area contributed by atoms with Crippen molar-refractivity contribution in [2.24, 2.45) is 0 Å². The number of rotatable bonds is 2. The zero-order valence-electron chi connectivity index (χ0n) is 17.1. The van der Waals surface area contributed by atoms with Gasteiger partial charge in [-0.15, -0.1) is 0 Å². The van der Waals surface area contributed by atoms with Crippen LogP contribution in [0.3, 0.4) is 0 Å². The molecule has 33 heavy (non-hydrogen) atoms. The highest BCUT2D eigenvalue weighted by atomic mass is 16.4. The molecule has 9 nitrogen and oxygen atoms in total. The number of benzene rings is 2. The first-order valence-electron chi connectivity index (χ1n) is 9.69. The summed E-state index contributed by atoms with van der Waals surface area (Å²) in [6.45, 7) is 0. The molecule has 0 aliphatic heterocycles. The molecule has 0 saturated carbocycles. The Bertz CT molecular complexity index is 1530. The SMILES string of the molecule is O.O=C(O)c1cc2c3ccccc3ncn2c1.O=C(O)c1cc2c3ccccc3ncn2c1. The number of para-hydroxylation sites is 2. The average Bonchev–Trinajstić information content (AvgIpc) is 3.45. The number of aromatic nitrogens is 4. The topological polar surface area (TPSA) is 141 Å². The third-order valence-corrected chi connectivity index (χ3v) is 5.19. The molecule has 6 rings (SSSR count). The Balaban J connectivity index is 0.000000152. The third kappa shape index (κ3) is 3.84. The summed E-state index contributed by atoms with van der Waals surface area (Å²) in [5.41, 5.74) is 4.01. The van der Waals surface area contributed by atoms with Crippen molar-refractivity contribution in [3.63, 3.8) is 0 Å². The molecule has 0 saturated heterocycles. The normalized spacial score (nSPS) is 10.7. The maximum atomic E-state index is 10.9. The largest absolute Gasteiger partial charge is 0.478 e.